The van der Waals surface area contributed by atoms with E-state index in [2.05, 4.69) is 51.9 Å². The fourth-order valence-electron chi connectivity index (χ4n) is 1.71. The fraction of sp³-hybridized carbons (Fsp3) is 0.286. The highest BCUT2D eigenvalue weighted by Crippen LogP contribution is 2.28. The standard InChI is InChI=1S/C14H14BrClN2O/c1-8-4-5-10(6-9(8)2)14-17-11(7-19-3)12(15)13(16)18-14/h4-6H,7H2,1-3H3. The van der Waals surface area contributed by atoms with Crippen molar-refractivity contribution >= 4 is 27.5 Å². The average molecular weight is 342 g/mol. The second-order valence-corrected chi connectivity index (χ2v) is 5.48. The maximum atomic E-state index is 6.12. The molecule has 1 aromatic carbocycles. The minimum atomic E-state index is 0.390. The molecule has 2 rings (SSSR count). The first-order chi connectivity index (χ1) is 9.02. The lowest BCUT2D eigenvalue weighted by Gasteiger charge is -2.09. The maximum Gasteiger partial charge on any atom is 0.161 e. The van der Waals surface area contributed by atoms with Crippen molar-refractivity contribution in [3.63, 3.8) is 0 Å². The van der Waals surface area contributed by atoms with Crippen molar-refractivity contribution in [3.05, 3.63) is 44.6 Å². The highest BCUT2D eigenvalue weighted by atomic mass is 79.9. The van der Waals surface area contributed by atoms with E-state index in [0.717, 1.165) is 11.3 Å². The molecule has 0 bridgehead atoms. The zero-order valence-electron chi connectivity index (χ0n) is 11.0. The van der Waals surface area contributed by atoms with Crippen LogP contribution < -0.4 is 0 Å². The van der Waals surface area contributed by atoms with Crippen LogP contribution in [0.1, 0.15) is 16.8 Å². The van der Waals surface area contributed by atoms with Crippen molar-refractivity contribution in [2.24, 2.45) is 0 Å². The summed E-state index contributed by atoms with van der Waals surface area (Å²) in [5.74, 6) is 0.614. The molecule has 1 heterocycles. The summed E-state index contributed by atoms with van der Waals surface area (Å²) in [7, 11) is 1.62. The molecular weight excluding hydrogens is 328 g/mol. The third kappa shape index (κ3) is 3.14. The molecule has 0 aliphatic carbocycles. The molecule has 0 radical (unpaired) electrons. The fourth-order valence-corrected chi connectivity index (χ4v) is 2.19. The Labute approximate surface area is 126 Å². The number of aromatic nitrogens is 2. The molecule has 2 aromatic rings. The van der Waals surface area contributed by atoms with Crippen LogP contribution >= 0.6 is 27.5 Å². The second kappa shape index (κ2) is 5.99. The molecule has 5 heteroatoms. The van der Waals surface area contributed by atoms with Gasteiger partial charge in [-0.25, -0.2) is 9.97 Å². The van der Waals surface area contributed by atoms with Gasteiger partial charge in [-0.1, -0.05) is 23.7 Å². The van der Waals surface area contributed by atoms with Gasteiger partial charge in [-0.3, -0.25) is 0 Å². The van der Waals surface area contributed by atoms with Crippen LogP contribution in [0.3, 0.4) is 0 Å². The summed E-state index contributed by atoms with van der Waals surface area (Å²) in [6.45, 7) is 4.53. The van der Waals surface area contributed by atoms with E-state index in [1.54, 1.807) is 7.11 Å². The van der Waals surface area contributed by atoms with Crippen molar-refractivity contribution in [2.45, 2.75) is 20.5 Å². The summed E-state index contributed by atoms with van der Waals surface area (Å²) < 4.78 is 5.80. The van der Waals surface area contributed by atoms with E-state index < -0.39 is 0 Å². The van der Waals surface area contributed by atoms with Crippen molar-refractivity contribution in [1.82, 2.24) is 9.97 Å². The second-order valence-electron chi connectivity index (χ2n) is 4.33. The number of methoxy groups -OCH3 is 1. The predicted molar refractivity (Wildman–Crippen MR) is 80.4 cm³/mol. The molecule has 0 atom stereocenters. The molecular formula is C14H14BrClN2O. The van der Waals surface area contributed by atoms with Crippen LogP contribution in [0.5, 0.6) is 0 Å². The molecule has 3 nitrogen and oxygen atoms in total. The lowest BCUT2D eigenvalue weighted by Crippen LogP contribution is -2.00. The molecule has 0 fully saturated rings. The monoisotopic (exact) mass is 340 g/mol. The molecule has 0 spiro atoms. The van der Waals surface area contributed by atoms with Crippen molar-refractivity contribution in [1.29, 1.82) is 0 Å². The first kappa shape index (κ1) is 14.4. The van der Waals surface area contributed by atoms with Crippen LogP contribution in [-0.2, 0) is 11.3 Å². The number of benzene rings is 1. The summed E-state index contributed by atoms with van der Waals surface area (Å²) in [5, 5.41) is 0.398. The normalized spacial score (nSPS) is 10.8. The van der Waals surface area contributed by atoms with E-state index in [4.69, 9.17) is 16.3 Å². The van der Waals surface area contributed by atoms with E-state index in [0.29, 0.717) is 22.1 Å². The Morgan fingerprint density at radius 2 is 1.95 bits per heavy atom. The van der Waals surface area contributed by atoms with Gasteiger partial charge in [0, 0.05) is 12.7 Å². The van der Waals surface area contributed by atoms with Crippen molar-refractivity contribution < 1.29 is 4.74 Å². The highest BCUT2D eigenvalue weighted by molar-refractivity contribution is 9.10. The number of rotatable bonds is 3. The summed E-state index contributed by atoms with van der Waals surface area (Å²) >= 11 is 9.50. The molecule has 0 saturated carbocycles. The quantitative estimate of drug-likeness (QED) is 0.780. The Hall–Kier alpha value is -0.970. The van der Waals surface area contributed by atoms with Gasteiger partial charge in [0.1, 0.15) is 5.15 Å². The molecule has 0 amide bonds. The van der Waals surface area contributed by atoms with Crippen molar-refractivity contribution in [3.8, 4) is 11.4 Å². The predicted octanol–water partition coefficient (Wildman–Crippen LogP) is 4.32. The van der Waals surface area contributed by atoms with Gasteiger partial charge in [0.25, 0.3) is 0 Å². The lowest BCUT2D eigenvalue weighted by molar-refractivity contribution is 0.181. The largest absolute Gasteiger partial charge is 0.378 e. The van der Waals surface area contributed by atoms with E-state index >= 15 is 0 Å². The Kier molecular flexibility index (Phi) is 4.55. The van der Waals surface area contributed by atoms with Gasteiger partial charge in [0.05, 0.1) is 16.8 Å². The van der Waals surface area contributed by atoms with Crippen LogP contribution in [-0.4, -0.2) is 17.1 Å². The first-order valence-corrected chi connectivity index (χ1v) is 6.98. The third-order valence-corrected chi connectivity index (χ3v) is 4.26. The van der Waals surface area contributed by atoms with Crippen LogP contribution in [0.2, 0.25) is 5.15 Å². The molecule has 100 valence electrons. The smallest absolute Gasteiger partial charge is 0.161 e. The van der Waals surface area contributed by atoms with Gasteiger partial charge >= 0.3 is 0 Å². The van der Waals surface area contributed by atoms with Crippen LogP contribution in [0.15, 0.2) is 22.7 Å². The number of aryl methyl sites for hydroxylation is 2. The van der Waals surface area contributed by atoms with Gasteiger partial charge in [0.15, 0.2) is 5.82 Å². The number of nitrogens with zero attached hydrogens (tertiary/aromatic N) is 2. The summed E-state index contributed by atoms with van der Waals surface area (Å²) in [4.78, 5) is 8.80. The Bertz CT molecular complexity index is 617. The average Bonchev–Trinajstić information content (AvgIpc) is 2.38. The van der Waals surface area contributed by atoms with E-state index in [1.807, 2.05) is 6.07 Å². The zero-order valence-corrected chi connectivity index (χ0v) is 13.3. The van der Waals surface area contributed by atoms with Gasteiger partial charge in [-0.2, -0.15) is 0 Å². The molecule has 19 heavy (non-hydrogen) atoms. The van der Waals surface area contributed by atoms with Gasteiger partial charge in [-0.05, 0) is 47.0 Å². The minimum Gasteiger partial charge on any atom is -0.378 e. The molecule has 0 N–H and O–H groups in total. The molecule has 0 unspecified atom stereocenters. The molecule has 0 saturated heterocycles. The third-order valence-electron chi connectivity index (χ3n) is 2.93. The Morgan fingerprint density at radius 1 is 1.21 bits per heavy atom. The first-order valence-electron chi connectivity index (χ1n) is 5.81. The highest BCUT2D eigenvalue weighted by Gasteiger charge is 2.12. The number of hydrogen-bond donors (Lipinski definition) is 0. The zero-order chi connectivity index (χ0) is 14.0. The number of hydrogen-bond acceptors (Lipinski definition) is 3. The molecule has 0 aliphatic heterocycles. The van der Waals surface area contributed by atoms with E-state index in [1.165, 1.54) is 11.1 Å². The topological polar surface area (TPSA) is 35.0 Å². The SMILES string of the molecule is COCc1nc(-c2ccc(C)c(C)c2)nc(Cl)c1Br. The Balaban J connectivity index is 2.52. The van der Waals surface area contributed by atoms with E-state index in [9.17, 15) is 0 Å². The summed E-state index contributed by atoms with van der Waals surface area (Å²) in [6, 6.07) is 6.12. The van der Waals surface area contributed by atoms with Crippen LogP contribution in [0.25, 0.3) is 11.4 Å². The summed E-state index contributed by atoms with van der Waals surface area (Å²) in [6.07, 6.45) is 0. The lowest BCUT2D eigenvalue weighted by atomic mass is 10.1. The number of ether oxygens (including phenoxy) is 1. The van der Waals surface area contributed by atoms with Crippen LogP contribution in [0, 0.1) is 13.8 Å². The maximum absolute atomic E-state index is 6.12. The van der Waals surface area contributed by atoms with Crippen molar-refractivity contribution in [2.75, 3.05) is 7.11 Å². The van der Waals surface area contributed by atoms with Gasteiger partial charge in [0.2, 0.25) is 0 Å². The van der Waals surface area contributed by atoms with Gasteiger partial charge < -0.3 is 4.74 Å². The number of halogens is 2. The molecule has 0 aliphatic rings. The molecule has 1 aromatic heterocycles. The Morgan fingerprint density at radius 3 is 2.58 bits per heavy atom. The van der Waals surface area contributed by atoms with E-state index in [-0.39, 0.29) is 0 Å². The van der Waals surface area contributed by atoms with Crippen LogP contribution in [0.4, 0.5) is 0 Å². The minimum absolute atomic E-state index is 0.390. The van der Waals surface area contributed by atoms with Gasteiger partial charge in [-0.15, -0.1) is 0 Å². The summed E-state index contributed by atoms with van der Waals surface area (Å²) in [5.41, 5.74) is 4.14.